The number of likely N-dealkylation sites (tertiary alicyclic amines) is 1. The van der Waals surface area contributed by atoms with Crippen LogP contribution in [0.1, 0.15) is 91.8 Å². The van der Waals surface area contributed by atoms with Gasteiger partial charge < -0.3 is 9.72 Å². The fourth-order valence-corrected chi connectivity index (χ4v) is 8.99. The highest BCUT2D eigenvalue weighted by atomic mass is 32.1. The zero-order valence-electron chi connectivity index (χ0n) is 22.9. The van der Waals surface area contributed by atoms with E-state index in [4.69, 9.17) is 4.74 Å². The third-order valence-electron chi connectivity index (χ3n) is 9.60. The quantitative estimate of drug-likeness (QED) is 0.324. The van der Waals surface area contributed by atoms with Crippen LogP contribution in [0.4, 0.5) is 0 Å². The van der Waals surface area contributed by atoms with Crippen LogP contribution < -0.4 is 0 Å². The molecule has 1 saturated carbocycles. The third-order valence-corrected chi connectivity index (χ3v) is 11.0. The topological polar surface area (TPSA) is 58.5 Å². The Balaban J connectivity index is 1.21. The Morgan fingerprint density at radius 1 is 1.14 bits per heavy atom. The zero-order chi connectivity index (χ0) is 25.5. The molecule has 37 heavy (non-hydrogen) atoms. The van der Waals surface area contributed by atoms with Gasteiger partial charge in [-0.25, -0.2) is 9.50 Å². The summed E-state index contributed by atoms with van der Waals surface area (Å²) in [6.45, 7) is 11.5. The number of nitrogens with zero attached hydrogens (tertiary/aromatic N) is 4. The van der Waals surface area contributed by atoms with Crippen LogP contribution in [0.2, 0.25) is 0 Å². The van der Waals surface area contributed by atoms with Gasteiger partial charge in [-0.15, -0.1) is 11.3 Å². The third kappa shape index (κ3) is 3.64. The summed E-state index contributed by atoms with van der Waals surface area (Å²) in [5.41, 5.74) is 9.62. The number of hydrogen-bond donors (Lipinski definition) is 1. The van der Waals surface area contributed by atoms with E-state index in [1.54, 1.807) is 11.2 Å². The maximum atomic E-state index is 5.69. The van der Waals surface area contributed by atoms with Gasteiger partial charge in [-0.1, -0.05) is 13.8 Å². The Bertz CT molecular complexity index is 1480. The van der Waals surface area contributed by atoms with Gasteiger partial charge in [-0.2, -0.15) is 5.10 Å². The van der Waals surface area contributed by atoms with E-state index in [9.17, 15) is 0 Å². The average Bonchev–Trinajstić information content (AvgIpc) is 3.65. The number of methoxy groups -OCH3 is 1. The van der Waals surface area contributed by atoms with E-state index in [0.29, 0.717) is 11.8 Å². The summed E-state index contributed by atoms with van der Waals surface area (Å²) in [6.07, 6.45) is 12.6. The number of H-pyrrole nitrogens is 1. The first-order valence-electron chi connectivity index (χ1n) is 14.2. The first-order valence-corrected chi connectivity index (χ1v) is 15.0. The van der Waals surface area contributed by atoms with E-state index >= 15 is 0 Å². The van der Waals surface area contributed by atoms with Gasteiger partial charge in [-0.05, 0) is 87.3 Å². The maximum absolute atomic E-state index is 5.69. The predicted molar refractivity (Wildman–Crippen MR) is 151 cm³/mol. The Morgan fingerprint density at radius 3 is 2.62 bits per heavy atom. The molecule has 4 aromatic heterocycles. The molecule has 3 aliphatic rings. The maximum Gasteiger partial charge on any atom is 0.158 e. The molecule has 7 heteroatoms. The first kappa shape index (κ1) is 23.9. The standard InChI is InChI=1S/C30H39N5OS/c1-17(2)24-25-18(3)27(19-9-11-20(12-10-19)34-14-30(4,15-34)36-5)37-29(25)33-26(24)23-13-35-28(31-16-32-35)22-8-6-7-21(22)23/h13,16-17,19-20,33H,6-12,14-15H2,1-5H3. The number of hydrogen-bond acceptors (Lipinski definition) is 5. The monoisotopic (exact) mass is 517 g/mol. The number of ether oxygens (including phenoxy) is 1. The number of pyridine rings is 1. The van der Waals surface area contributed by atoms with Crippen LogP contribution in [0, 0.1) is 6.92 Å². The molecule has 0 aromatic carbocycles. The second kappa shape index (κ2) is 8.65. The van der Waals surface area contributed by atoms with Crippen molar-refractivity contribution in [3.63, 3.8) is 0 Å². The molecule has 0 bridgehead atoms. The smallest absolute Gasteiger partial charge is 0.158 e. The molecule has 196 valence electrons. The fourth-order valence-electron chi connectivity index (χ4n) is 7.60. The highest BCUT2D eigenvalue weighted by molar-refractivity contribution is 7.19. The van der Waals surface area contributed by atoms with Crippen molar-refractivity contribution in [1.29, 1.82) is 0 Å². The predicted octanol–water partition coefficient (Wildman–Crippen LogP) is 6.61. The van der Waals surface area contributed by atoms with Gasteiger partial charge in [0.2, 0.25) is 0 Å². The van der Waals surface area contributed by atoms with Crippen molar-refractivity contribution in [2.24, 2.45) is 0 Å². The molecule has 1 aliphatic heterocycles. The summed E-state index contributed by atoms with van der Waals surface area (Å²) in [5.74, 6) is 1.14. The Morgan fingerprint density at radius 2 is 1.89 bits per heavy atom. The minimum atomic E-state index is 0.0729. The Labute approximate surface area is 223 Å². The lowest BCUT2D eigenvalue weighted by atomic mass is 9.81. The van der Waals surface area contributed by atoms with Crippen molar-refractivity contribution in [2.75, 3.05) is 20.2 Å². The summed E-state index contributed by atoms with van der Waals surface area (Å²) < 4.78 is 7.68. The Kier molecular flexibility index (Phi) is 5.58. The van der Waals surface area contributed by atoms with E-state index in [1.807, 2.05) is 23.0 Å². The van der Waals surface area contributed by atoms with E-state index in [2.05, 4.69) is 53.9 Å². The largest absolute Gasteiger partial charge is 0.376 e. The van der Waals surface area contributed by atoms with Crippen molar-refractivity contribution in [3.8, 4) is 11.3 Å². The zero-order valence-corrected chi connectivity index (χ0v) is 23.7. The molecule has 7 rings (SSSR count). The molecule has 2 aliphatic carbocycles. The molecule has 2 fully saturated rings. The van der Waals surface area contributed by atoms with Crippen LogP contribution in [0.15, 0.2) is 12.5 Å². The van der Waals surface area contributed by atoms with Crippen LogP contribution in [-0.4, -0.2) is 56.3 Å². The molecule has 0 atom stereocenters. The van der Waals surface area contributed by atoms with Crippen molar-refractivity contribution >= 4 is 27.2 Å². The van der Waals surface area contributed by atoms with E-state index < -0.39 is 0 Å². The van der Waals surface area contributed by atoms with Crippen LogP contribution in [0.5, 0.6) is 0 Å². The second-order valence-electron chi connectivity index (χ2n) is 12.3. The van der Waals surface area contributed by atoms with Crippen LogP contribution in [0.25, 0.3) is 27.1 Å². The van der Waals surface area contributed by atoms with E-state index in [0.717, 1.165) is 37.6 Å². The molecule has 1 N–H and O–H groups in total. The molecular weight excluding hydrogens is 478 g/mol. The molecular formula is C30H39N5OS. The molecule has 6 nitrogen and oxygen atoms in total. The first-order chi connectivity index (χ1) is 17.9. The summed E-state index contributed by atoms with van der Waals surface area (Å²) in [5, 5.41) is 6.00. The molecule has 4 aromatic rings. The lowest BCUT2D eigenvalue weighted by Crippen LogP contribution is -2.64. The molecule has 1 saturated heterocycles. The molecule has 5 heterocycles. The fraction of sp³-hybridized carbons (Fsp3) is 0.600. The normalized spacial score (nSPS) is 23.8. The van der Waals surface area contributed by atoms with Crippen LogP contribution >= 0.6 is 11.3 Å². The molecule has 0 spiro atoms. The lowest BCUT2D eigenvalue weighted by molar-refractivity contribution is -0.130. The number of aromatic amines is 1. The molecule has 0 amide bonds. The van der Waals surface area contributed by atoms with Gasteiger partial charge in [0.05, 0.1) is 11.3 Å². The number of nitrogens with one attached hydrogen (secondary N) is 1. The SMILES string of the molecule is COC1(C)CN(C2CCC(c3sc4[nH]c(-c5cn6ncnc6c6c5CCC6)c(C(C)C)c4c3C)CC2)C1. The summed E-state index contributed by atoms with van der Waals surface area (Å²) in [4.78, 5) is 14.1. The van der Waals surface area contributed by atoms with Gasteiger partial charge in [0.15, 0.2) is 5.65 Å². The van der Waals surface area contributed by atoms with E-state index in [1.165, 1.54) is 75.8 Å². The average molecular weight is 518 g/mol. The number of fused-ring (bicyclic) bond motifs is 4. The van der Waals surface area contributed by atoms with Crippen molar-refractivity contribution in [1.82, 2.24) is 24.5 Å². The molecule has 0 unspecified atom stereocenters. The van der Waals surface area contributed by atoms with Gasteiger partial charge in [0.1, 0.15) is 11.2 Å². The lowest BCUT2D eigenvalue weighted by Gasteiger charge is -2.52. The van der Waals surface area contributed by atoms with Crippen LogP contribution in [-0.2, 0) is 17.6 Å². The molecule has 0 radical (unpaired) electrons. The Hall–Kier alpha value is -2.22. The summed E-state index contributed by atoms with van der Waals surface area (Å²) in [6, 6.07) is 0.733. The number of aromatic nitrogens is 4. The van der Waals surface area contributed by atoms with Crippen molar-refractivity contribution in [2.45, 2.75) is 96.1 Å². The summed E-state index contributed by atoms with van der Waals surface area (Å²) in [7, 11) is 1.85. The van der Waals surface area contributed by atoms with Crippen LogP contribution in [0.3, 0.4) is 0 Å². The van der Waals surface area contributed by atoms with Gasteiger partial charge >= 0.3 is 0 Å². The van der Waals surface area contributed by atoms with Crippen molar-refractivity contribution < 1.29 is 4.74 Å². The minimum Gasteiger partial charge on any atom is -0.376 e. The van der Waals surface area contributed by atoms with Gasteiger partial charge in [0.25, 0.3) is 0 Å². The number of rotatable bonds is 5. The minimum absolute atomic E-state index is 0.0729. The van der Waals surface area contributed by atoms with Crippen molar-refractivity contribution in [3.05, 3.63) is 39.7 Å². The highest BCUT2D eigenvalue weighted by Crippen LogP contribution is 2.48. The second-order valence-corrected chi connectivity index (χ2v) is 13.4. The highest BCUT2D eigenvalue weighted by Gasteiger charge is 2.43. The van der Waals surface area contributed by atoms with Gasteiger partial charge in [0, 0.05) is 53.8 Å². The number of aryl methyl sites for hydroxylation is 2. The van der Waals surface area contributed by atoms with Gasteiger partial charge in [-0.3, -0.25) is 4.90 Å². The number of thiophene rings is 1. The summed E-state index contributed by atoms with van der Waals surface area (Å²) >= 11 is 2.02. The van der Waals surface area contributed by atoms with E-state index in [-0.39, 0.29) is 5.60 Å².